The quantitative estimate of drug-likeness (QED) is 0.164. The molecule has 1 saturated carbocycles. The highest BCUT2D eigenvalue weighted by Crippen LogP contribution is 2.51. The number of nitrogens with one attached hydrogen (secondary N) is 3. The third kappa shape index (κ3) is 5.58. The molecule has 1 fully saturated rings. The predicted molar refractivity (Wildman–Crippen MR) is 137 cm³/mol. The Morgan fingerprint density at radius 1 is 0.974 bits per heavy atom. The van der Waals surface area contributed by atoms with Gasteiger partial charge in [0.25, 0.3) is 0 Å². The fraction of sp³-hybridized carbons (Fsp3) is 0.208. The van der Waals surface area contributed by atoms with E-state index in [1.54, 1.807) is 24.3 Å². The number of rotatable bonds is 8. The molecule has 2 heterocycles. The van der Waals surface area contributed by atoms with Gasteiger partial charge in [0.05, 0.1) is 16.9 Å². The lowest BCUT2D eigenvalue weighted by atomic mass is 10.1. The van der Waals surface area contributed by atoms with Gasteiger partial charge in [0.2, 0.25) is 16.8 Å². The topological polar surface area (TPSA) is 109 Å². The van der Waals surface area contributed by atoms with Crippen molar-refractivity contribution in [2.45, 2.75) is 31.1 Å². The summed E-state index contributed by atoms with van der Waals surface area (Å²) in [6.45, 7) is 0.0985. The van der Waals surface area contributed by atoms with Crippen molar-refractivity contribution < 1.29 is 26.0 Å². The molecule has 38 heavy (non-hydrogen) atoms. The Balaban J connectivity index is 1.51. The van der Waals surface area contributed by atoms with Crippen LogP contribution in [0.3, 0.4) is 0 Å². The van der Waals surface area contributed by atoms with Crippen molar-refractivity contribution in [3.8, 4) is 11.3 Å². The van der Waals surface area contributed by atoms with E-state index in [1.165, 1.54) is 30.3 Å². The number of halogens is 5. The number of pyridine rings is 1. The first-order valence-electron chi connectivity index (χ1n) is 11.3. The number of hydrogen-bond donors (Lipinski definition) is 4. The van der Waals surface area contributed by atoms with Crippen LogP contribution in [0.4, 0.5) is 35.0 Å². The van der Waals surface area contributed by atoms with E-state index in [0.717, 1.165) is 0 Å². The van der Waals surface area contributed by atoms with Crippen LogP contribution in [0.2, 0.25) is 5.02 Å². The zero-order valence-corrected chi connectivity index (χ0v) is 21.0. The molecule has 2 aromatic carbocycles. The molecule has 0 bridgehead atoms. The van der Waals surface area contributed by atoms with E-state index in [4.69, 9.17) is 11.6 Å². The number of hydrogen-bond acceptors (Lipinski definition) is 7. The third-order valence-electron chi connectivity index (χ3n) is 5.96. The Morgan fingerprint density at radius 2 is 1.71 bits per heavy atom. The molecule has 8 nitrogen and oxygen atoms in total. The molecule has 4 aromatic rings. The summed E-state index contributed by atoms with van der Waals surface area (Å²) in [6, 6.07) is 13.4. The summed E-state index contributed by atoms with van der Waals surface area (Å²) >= 11 is 6.07. The molecule has 3 N–H and O–H groups in total. The Morgan fingerprint density at radius 3 is 2.37 bits per heavy atom. The maximum atomic E-state index is 13.8. The summed E-state index contributed by atoms with van der Waals surface area (Å²) in [4.78, 5) is 13.2. The fourth-order valence-electron chi connectivity index (χ4n) is 3.90. The molecule has 1 aliphatic rings. The van der Waals surface area contributed by atoms with Gasteiger partial charge in [-0.05, 0) is 73.0 Å². The number of anilines is 3. The molecule has 0 aliphatic heterocycles. The summed E-state index contributed by atoms with van der Waals surface area (Å²) in [7, 11) is -2.90. The lowest BCUT2D eigenvalue weighted by Crippen LogP contribution is -2.39. The van der Waals surface area contributed by atoms with Gasteiger partial charge in [0, 0.05) is 17.1 Å². The van der Waals surface area contributed by atoms with E-state index in [2.05, 4.69) is 30.3 Å². The Kier molecular flexibility index (Phi) is 6.73. The molecule has 0 unspecified atom stereocenters. The van der Waals surface area contributed by atoms with Gasteiger partial charge in [-0.2, -0.15) is 18.2 Å². The molecule has 14 heteroatoms. The van der Waals surface area contributed by atoms with Crippen LogP contribution < -0.4 is 15.4 Å². The van der Waals surface area contributed by atoms with Crippen LogP contribution >= 0.6 is 11.6 Å². The predicted octanol–water partition coefficient (Wildman–Crippen LogP) is 5.54. The average Bonchev–Trinajstić information content (AvgIpc) is 3.63. The van der Waals surface area contributed by atoms with E-state index < -0.39 is 28.4 Å². The van der Waals surface area contributed by atoms with Crippen molar-refractivity contribution in [2.75, 3.05) is 15.4 Å². The van der Waals surface area contributed by atoms with Gasteiger partial charge in [-0.1, -0.05) is 11.6 Å². The second-order valence-corrected chi connectivity index (χ2v) is 9.92. The van der Waals surface area contributed by atoms with Crippen molar-refractivity contribution in [1.29, 1.82) is 0 Å². The van der Waals surface area contributed by atoms with Crippen LogP contribution in [-0.4, -0.2) is 35.1 Å². The number of aromatic nitrogens is 3. The first-order chi connectivity index (χ1) is 18.0. The van der Waals surface area contributed by atoms with Gasteiger partial charge in [0.15, 0.2) is 5.82 Å². The molecular weight excluding hydrogens is 548 g/mol. The SMILES string of the molecule is O=[SH](=O)Nc1cc(Cl)cc(CNc2nc(NC3(C(F)(F)F)CC3)c3nc(-c4ccc(F)cc4)ccc3n2)c1. The first-order valence-corrected chi connectivity index (χ1v) is 12.8. The number of nitrogens with zero attached hydrogens (tertiary/aromatic N) is 3. The van der Waals surface area contributed by atoms with E-state index in [-0.39, 0.29) is 52.9 Å². The minimum absolute atomic E-state index is 0.0266. The van der Waals surface area contributed by atoms with Gasteiger partial charge in [-0.3, -0.25) is 4.72 Å². The van der Waals surface area contributed by atoms with Crippen LogP contribution in [0.15, 0.2) is 54.6 Å². The molecule has 2 aromatic heterocycles. The van der Waals surface area contributed by atoms with Crippen LogP contribution in [0.1, 0.15) is 18.4 Å². The van der Waals surface area contributed by atoms with Gasteiger partial charge < -0.3 is 10.6 Å². The summed E-state index contributed by atoms with van der Waals surface area (Å²) < 4.78 is 78.9. The Hall–Kier alpha value is -3.71. The zero-order chi connectivity index (χ0) is 27.1. The second kappa shape index (κ2) is 9.87. The number of fused-ring (bicyclic) bond motifs is 1. The van der Waals surface area contributed by atoms with Crippen LogP contribution in [0, 0.1) is 5.82 Å². The minimum Gasteiger partial charge on any atom is -0.354 e. The maximum absolute atomic E-state index is 13.8. The molecule has 5 rings (SSSR count). The normalized spacial score (nSPS) is 14.5. The molecule has 0 saturated heterocycles. The number of alkyl halides is 3. The zero-order valence-electron chi connectivity index (χ0n) is 19.3. The summed E-state index contributed by atoms with van der Waals surface area (Å²) in [6.07, 6.45) is -4.72. The van der Waals surface area contributed by atoms with Gasteiger partial charge >= 0.3 is 6.18 Å². The second-order valence-electron chi connectivity index (χ2n) is 8.74. The summed E-state index contributed by atoms with van der Waals surface area (Å²) in [5.74, 6) is -0.506. The van der Waals surface area contributed by atoms with E-state index in [9.17, 15) is 26.0 Å². The highest BCUT2D eigenvalue weighted by atomic mass is 35.5. The minimum atomic E-state index is -4.50. The van der Waals surface area contributed by atoms with Crippen molar-refractivity contribution >= 4 is 51.0 Å². The molecular formula is C24H19ClF4N6O2S. The fourth-order valence-corrected chi connectivity index (χ4v) is 4.49. The largest absolute Gasteiger partial charge is 0.411 e. The average molecular weight is 567 g/mol. The van der Waals surface area contributed by atoms with E-state index in [0.29, 0.717) is 16.8 Å². The standard InChI is InChI=1S/C24H19ClF4N6O2S/c25-15-9-13(10-17(11-15)35-38(36)37)12-30-22-32-19-6-5-18(14-1-3-16(26)4-2-14)31-20(19)21(33-22)34-23(7-8-23)24(27,28)29/h1-6,9-11,38H,7-8,12H2,(H,35,36,37)(H2,30,32,33,34). The van der Waals surface area contributed by atoms with Crippen molar-refractivity contribution in [3.05, 3.63) is 71.0 Å². The Bertz CT molecular complexity index is 1590. The Labute approximate surface area is 220 Å². The number of benzene rings is 2. The smallest absolute Gasteiger partial charge is 0.354 e. The molecule has 0 atom stereocenters. The third-order valence-corrected chi connectivity index (χ3v) is 6.62. The summed E-state index contributed by atoms with van der Waals surface area (Å²) in [5.41, 5.74) is 0.120. The molecule has 0 radical (unpaired) electrons. The van der Waals surface area contributed by atoms with Crippen LogP contribution in [0.25, 0.3) is 22.3 Å². The van der Waals surface area contributed by atoms with Crippen LogP contribution in [-0.2, 0) is 17.4 Å². The molecule has 0 spiro atoms. The lowest BCUT2D eigenvalue weighted by Gasteiger charge is -2.22. The summed E-state index contributed by atoms with van der Waals surface area (Å²) in [5, 5.41) is 5.77. The molecule has 0 amide bonds. The van der Waals surface area contributed by atoms with Gasteiger partial charge in [0.1, 0.15) is 16.9 Å². The maximum Gasteiger partial charge on any atom is 0.411 e. The van der Waals surface area contributed by atoms with E-state index in [1.807, 2.05) is 0 Å². The van der Waals surface area contributed by atoms with E-state index >= 15 is 0 Å². The first kappa shape index (κ1) is 25.9. The van der Waals surface area contributed by atoms with Gasteiger partial charge in [-0.15, -0.1) is 0 Å². The molecule has 1 aliphatic carbocycles. The van der Waals surface area contributed by atoms with Crippen molar-refractivity contribution in [3.63, 3.8) is 0 Å². The highest BCUT2D eigenvalue weighted by Gasteiger charge is 2.64. The van der Waals surface area contributed by atoms with Crippen LogP contribution in [0.5, 0.6) is 0 Å². The van der Waals surface area contributed by atoms with Crippen molar-refractivity contribution in [2.24, 2.45) is 0 Å². The monoisotopic (exact) mass is 566 g/mol. The highest BCUT2D eigenvalue weighted by molar-refractivity contribution is 7.73. The van der Waals surface area contributed by atoms with Gasteiger partial charge in [-0.25, -0.2) is 22.8 Å². The molecule has 198 valence electrons. The number of thiol groups is 1. The van der Waals surface area contributed by atoms with Crippen molar-refractivity contribution in [1.82, 2.24) is 15.0 Å². The lowest BCUT2D eigenvalue weighted by molar-refractivity contribution is -0.151.